The fourth-order valence-electron chi connectivity index (χ4n) is 1.55. The number of carbonyl (C=O) groups excluding carboxylic acids is 1. The average molecular weight is 262 g/mol. The largest absolute Gasteiger partial charge is 0.508 e. The summed E-state index contributed by atoms with van der Waals surface area (Å²) in [5.41, 5.74) is 0.445. The van der Waals surface area contributed by atoms with Crippen molar-refractivity contribution in [1.82, 2.24) is 0 Å². The SMILES string of the molecule is O=C(OCc1cccc(F)c1)c1ccc(O)cc1O. The van der Waals surface area contributed by atoms with Crippen LogP contribution in [0.25, 0.3) is 0 Å². The molecule has 0 radical (unpaired) electrons. The van der Waals surface area contributed by atoms with E-state index < -0.39 is 11.8 Å². The molecular formula is C14H11FO4. The lowest BCUT2D eigenvalue weighted by atomic mass is 10.2. The van der Waals surface area contributed by atoms with Crippen LogP contribution in [-0.4, -0.2) is 16.2 Å². The Hall–Kier alpha value is -2.56. The maximum Gasteiger partial charge on any atom is 0.342 e. The Balaban J connectivity index is 2.05. The van der Waals surface area contributed by atoms with Gasteiger partial charge in [0.05, 0.1) is 0 Å². The van der Waals surface area contributed by atoms with Gasteiger partial charge in [-0.1, -0.05) is 12.1 Å². The van der Waals surface area contributed by atoms with Crippen molar-refractivity contribution in [3.05, 3.63) is 59.4 Å². The van der Waals surface area contributed by atoms with E-state index in [1.165, 1.54) is 30.3 Å². The Morgan fingerprint density at radius 3 is 2.63 bits per heavy atom. The Morgan fingerprint density at radius 2 is 1.95 bits per heavy atom. The lowest BCUT2D eigenvalue weighted by Crippen LogP contribution is -2.05. The van der Waals surface area contributed by atoms with E-state index in [4.69, 9.17) is 9.84 Å². The van der Waals surface area contributed by atoms with Crippen molar-refractivity contribution in [3.8, 4) is 11.5 Å². The summed E-state index contributed by atoms with van der Waals surface area (Å²) in [6.07, 6.45) is 0. The highest BCUT2D eigenvalue weighted by Crippen LogP contribution is 2.23. The van der Waals surface area contributed by atoms with Crippen molar-refractivity contribution in [2.75, 3.05) is 0 Å². The number of halogens is 1. The van der Waals surface area contributed by atoms with E-state index in [0.29, 0.717) is 5.56 Å². The number of rotatable bonds is 3. The van der Waals surface area contributed by atoms with Crippen molar-refractivity contribution in [1.29, 1.82) is 0 Å². The van der Waals surface area contributed by atoms with Crippen LogP contribution >= 0.6 is 0 Å². The molecule has 2 aromatic rings. The summed E-state index contributed by atoms with van der Waals surface area (Å²) in [6, 6.07) is 9.22. The van der Waals surface area contributed by atoms with Gasteiger partial charge in [0.25, 0.3) is 0 Å². The molecule has 0 spiro atoms. The van der Waals surface area contributed by atoms with E-state index in [1.807, 2.05) is 0 Å². The molecule has 0 aromatic heterocycles. The van der Waals surface area contributed by atoms with E-state index >= 15 is 0 Å². The van der Waals surface area contributed by atoms with E-state index in [2.05, 4.69) is 0 Å². The molecule has 0 aliphatic rings. The van der Waals surface area contributed by atoms with Crippen LogP contribution < -0.4 is 0 Å². The molecule has 4 nitrogen and oxygen atoms in total. The lowest BCUT2D eigenvalue weighted by molar-refractivity contribution is 0.0469. The van der Waals surface area contributed by atoms with Gasteiger partial charge in [-0.3, -0.25) is 0 Å². The Bertz CT molecular complexity index is 610. The molecule has 0 aliphatic carbocycles. The molecule has 0 unspecified atom stereocenters. The van der Waals surface area contributed by atoms with Crippen LogP contribution in [0.5, 0.6) is 11.5 Å². The minimum atomic E-state index is -0.748. The molecule has 0 atom stereocenters. The van der Waals surface area contributed by atoms with Crippen molar-refractivity contribution in [2.45, 2.75) is 6.61 Å². The first-order chi connectivity index (χ1) is 9.06. The fourth-order valence-corrected chi connectivity index (χ4v) is 1.55. The van der Waals surface area contributed by atoms with Gasteiger partial charge in [0.1, 0.15) is 29.5 Å². The topological polar surface area (TPSA) is 66.8 Å². The van der Waals surface area contributed by atoms with Gasteiger partial charge in [-0.15, -0.1) is 0 Å². The van der Waals surface area contributed by atoms with E-state index in [1.54, 1.807) is 6.07 Å². The number of carbonyl (C=O) groups is 1. The van der Waals surface area contributed by atoms with Crippen LogP contribution in [0.15, 0.2) is 42.5 Å². The standard InChI is InChI=1S/C14H11FO4/c15-10-3-1-2-9(6-10)8-19-14(18)12-5-4-11(16)7-13(12)17/h1-7,16-17H,8H2. The number of phenolic OH excluding ortho intramolecular Hbond substituents is 2. The summed E-state index contributed by atoms with van der Waals surface area (Å²) in [6.45, 7) is -0.100. The molecule has 0 amide bonds. The van der Waals surface area contributed by atoms with Crippen molar-refractivity contribution in [2.24, 2.45) is 0 Å². The highest BCUT2D eigenvalue weighted by Gasteiger charge is 2.13. The Labute approximate surface area is 108 Å². The molecule has 0 saturated heterocycles. The maximum absolute atomic E-state index is 12.9. The van der Waals surface area contributed by atoms with Gasteiger partial charge in [0.2, 0.25) is 0 Å². The smallest absolute Gasteiger partial charge is 0.342 e. The van der Waals surface area contributed by atoms with Gasteiger partial charge in [-0.25, -0.2) is 9.18 Å². The van der Waals surface area contributed by atoms with Crippen molar-refractivity contribution >= 4 is 5.97 Å². The Morgan fingerprint density at radius 1 is 1.16 bits per heavy atom. The monoisotopic (exact) mass is 262 g/mol. The number of esters is 1. The van der Waals surface area contributed by atoms with Gasteiger partial charge in [-0.2, -0.15) is 0 Å². The zero-order valence-corrected chi connectivity index (χ0v) is 9.84. The maximum atomic E-state index is 12.9. The van der Waals surface area contributed by atoms with Gasteiger partial charge in [-0.05, 0) is 29.8 Å². The van der Waals surface area contributed by atoms with Crippen molar-refractivity contribution < 1.29 is 24.1 Å². The summed E-state index contributed by atoms with van der Waals surface area (Å²) in [4.78, 5) is 11.7. The molecule has 2 rings (SSSR count). The normalized spacial score (nSPS) is 10.2. The molecule has 0 bridgehead atoms. The first kappa shape index (κ1) is 12.9. The number of ether oxygens (including phenoxy) is 1. The number of aromatic hydroxyl groups is 2. The zero-order valence-electron chi connectivity index (χ0n) is 9.84. The van der Waals surface area contributed by atoms with E-state index in [9.17, 15) is 14.3 Å². The third-order valence-corrected chi connectivity index (χ3v) is 2.46. The highest BCUT2D eigenvalue weighted by atomic mass is 19.1. The third kappa shape index (κ3) is 3.22. The van der Waals surface area contributed by atoms with Gasteiger partial charge in [0, 0.05) is 6.07 Å². The predicted molar refractivity (Wildman–Crippen MR) is 65.3 cm³/mol. The van der Waals surface area contributed by atoms with Crippen LogP contribution in [0.2, 0.25) is 0 Å². The number of hydrogen-bond donors (Lipinski definition) is 2. The zero-order chi connectivity index (χ0) is 13.8. The molecule has 98 valence electrons. The molecule has 5 heteroatoms. The molecule has 19 heavy (non-hydrogen) atoms. The van der Waals surface area contributed by atoms with Crippen LogP contribution in [0, 0.1) is 5.82 Å². The molecule has 0 fully saturated rings. The van der Waals surface area contributed by atoms with Crippen LogP contribution in [-0.2, 0) is 11.3 Å². The van der Waals surface area contributed by atoms with Gasteiger partial charge in [0.15, 0.2) is 0 Å². The van der Waals surface area contributed by atoms with Gasteiger partial charge >= 0.3 is 5.97 Å². The van der Waals surface area contributed by atoms with Crippen LogP contribution in [0.4, 0.5) is 4.39 Å². The number of phenols is 2. The minimum Gasteiger partial charge on any atom is -0.508 e. The lowest BCUT2D eigenvalue weighted by Gasteiger charge is -2.06. The van der Waals surface area contributed by atoms with Crippen LogP contribution in [0.3, 0.4) is 0 Å². The quantitative estimate of drug-likeness (QED) is 0.834. The fraction of sp³-hybridized carbons (Fsp3) is 0.0714. The second kappa shape index (κ2) is 5.39. The summed E-state index contributed by atoms with van der Waals surface area (Å²) >= 11 is 0. The number of benzene rings is 2. The first-order valence-corrected chi connectivity index (χ1v) is 5.50. The summed E-state index contributed by atoms with van der Waals surface area (Å²) in [5, 5.41) is 18.6. The first-order valence-electron chi connectivity index (χ1n) is 5.50. The second-order valence-electron chi connectivity index (χ2n) is 3.91. The van der Waals surface area contributed by atoms with Gasteiger partial charge < -0.3 is 14.9 Å². The molecule has 0 aliphatic heterocycles. The Kier molecular flexibility index (Phi) is 3.66. The van der Waals surface area contributed by atoms with Crippen LogP contribution in [0.1, 0.15) is 15.9 Å². The summed E-state index contributed by atoms with van der Waals surface area (Å²) < 4.78 is 17.9. The summed E-state index contributed by atoms with van der Waals surface area (Å²) in [7, 11) is 0. The highest BCUT2D eigenvalue weighted by molar-refractivity contribution is 5.92. The molecule has 2 aromatic carbocycles. The summed E-state index contributed by atoms with van der Waals surface area (Å²) in [5.74, 6) is -1.69. The molecular weight excluding hydrogens is 251 g/mol. The van der Waals surface area contributed by atoms with E-state index in [-0.39, 0.29) is 23.7 Å². The molecule has 2 N–H and O–H groups in total. The molecule has 0 heterocycles. The number of hydrogen-bond acceptors (Lipinski definition) is 4. The molecule has 0 saturated carbocycles. The average Bonchev–Trinajstić information content (AvgIpc) is 2.36. The van der Waals surface area contributed by atoms with Crippen molar-refractivity contribution in [3.63, 3.8) is 0 Å². The second-order valence-corrected chi connectivity index (χ2v) is 3.91. The third-order valence-electron chi connectivity index (χ3n) is 2.46. The van der Waals surface area contributed by atoms with E-state index in [0.717, 1.165) is 6.07 Å². The predicted octanol–water partition coefficient (Wildman–Crippen LogP) is 2.59. The minimum absolute atomic E-state index is 0.0609.